The molecule has 1 heterocycles. The summed E-state index contributed by atoms with van der Waals surface area (Å²) in [6, 6.07) is 4.76. The molecule has 0 radical (unpaired) electrons. The molecule has 1 aromatic carbocycles. The van der Waals surface area contributed by atoms with Crippen LogP contribution in [-0.2, 0) is 0 Å². The van der Waals surface area contributed by atoms with Crippen molar-refractivity contribution in [3.8, 4) is 0 Å². The minimum absolute atomic E-state index is 0.101. The summed E-state index contributed by atoms with van der Waals surface area (Å²) < 4.78 is 14.0. The number of amidine groups is 1. The molecule has 2 rings (SSSR count). The van der Waals surface area contributed by atoms with Crippen LogP contribution < -0.4 is 10.6 Å². The van der Waals surface area contributed by atoms with E-state index in [4.69, 9.17) is 11.1 Å². The van der Waals surface area contributed by atoms with E-state index in [1.54, 1.807) is 12.1 Å². The van der Waals surface area contributed by atoms with Gasteiger partial charge in [-0.05, 0) is 38.2 Å². The predicted molar refractivity (Wildman–Crippen MR) is 71.7 cm³/mol. The zero-order valence-electron chi connectivity index (χ0n) is 10.6. The van der Waals surface area contributed by atoms with Gasteiger partial charge in [-0.3, -0.25) is 5.41 Å². The molecule has 5 heteroatoms. The number of nitrogens with two attached hydrogens (primary N) is 1. The molecule has 0 aliphatic carbocycles. The third-order valence-corrected chi connectivity index (χ3v) is 3.32. The number of nitrogen functional groups attached to an aromatic ring is 1. The molecule has 3 N–H and O–H groups in total. The maximum atomic E-state index is 14.0. The van der Waals surface area contributed by atoms with Crippen LogP contribution in [0, 0.1) is 11.2 Å². The number of nitrogens with one attached hydrogen (secondary N) is 1. The summed E-state index contributed by atoms with van der Waals surface area (Å²) in [5.74, 6) is -0.400. The van der Waals surface area contributed by atoms with Gasteiger partial charge in [0.2, 0.25) is 0 Å². The molecular formula is C13H19FN4. The van der Waals surface area contributed by atoms with E-state index in [0.29, 0.717) is 11.3 Å². The van der Waals surface area contributed by atoms with Gasteiger partial charge in [0.05, 0.1) is 5.69 Å². The van der Waals surface area contributed by atoms with Gasteiger partial charge in [0.25, 0.3) is 0 Å². The molecule has 0 bridgehead atoms. The van der Waals surface area contributed by atoms with Gasteiger partial charge < -0.3 is 15.5 Å². The largest absolute Gasteiger partial charge is 0.384 e. The summed E-state index contributed by atoms with van der Waals surface area (Å²) in [7, 11) is 2.08. The van der Waals surface area contributed by atoms with Crippen molar-refractivity contribution < 1.29 is 4.39 Å². The highest BCUT2D eigenvalue weighted by Gasteiger charge is 2.16. The van der Waals surface area contributed by atoms with Crippen LogP contribution in [0.25, 0.3) is 0 Å². The third-order valence-electron chi connectivity index (χ3n) is 3.32. The number of benzene rings is 1. The van der Waals surface area contributed by atoms with Gasteiger partial charge in [0, 0.05) is 25.2 Å². The van der Waals surface area contributed by atoms with Crippen molar-refractivity contribution in [1.29, 1.82) is 5.41 Å². The van der Waals surface area contributed by atoms with E-state index >= 15 is 0 Å². The average Bonchev–Trinajstić information content (AvgIpc) is 2.54. The van der Waals surface area contributed by atoms with E-state index in [0.717, 1.165) is 32.6 Å². The molecule has 4 nitrogen and oxygen atoms in total. The third kappa shape index (κ3) is 2.79. The first-order valence-electron chi connectivity index (χ1n) is 6.15. The maximum Gasteiger partial charge on any atom is 0.147 e. The van der Waals surface area contributed by atoms with Crippen molar-refractivity contribution in [3.05, 3.63) is 29.6 Å². The zero-order chi connectivity index (χ0) is 13.1. The fourth-order valence-electron chi connectivity index (χ4n) is 2.22. The highest BCUT2D eigenvalue weighted by atomic mass is 19.1. The molecule has 0 unspecified atom stereocenters. The monoisotopic (exact) mass is 250 g/mol. The van der Waals surface area contributed by atoms with Crippen molar-refractivity contribution >= 4 is 11.5 Å². The van der Waals surface area contributed by atoms with Crippen molar-refractivity contribution in [3.63, 3.8) is 0 Å². The molecule has 1 aliphatic heterocycles. The molecule has 0 aromatic heterocycles. The Labute approximate surface area is 107 Å². The number of nitrogens with zero attached hydrogens (tertiary/aromatic N) is 2. The van der Waals surface area contributed by atoms with Gasteiger partial charge in [-0.15, -0.1) is 0 Å². The molecule has 0 atom stereocenters. The molecule has 0 spiro atoms. The van der Waals surface area contributed by atoms with Crippen molar-refractivity contribution in [2.75, 3.05) is 38.1 Å². The van der Waals surface area contributed by atoms with E-state index in [9.17, 15) is 4.39 Å². The van der Waals surface area contributed by atoms with Crippen LogP contribution in [0.2, 0.25) is 0 Å². The molecule has 1 aliphatic rings. The zero-order valence-corrected chi connectivity index (χ0v) is 10.6. The molecule has 18 heavy (non-hydrogen) atoms. The Balaban J connectivity index is 2.20. The highest BCUT2D eigenvalue weighted by molar-refractivity contribution is 5.95. The van der Waals surface area contributed by atoms with Gasteiger partial charge >= 0.3 is 0 Å². The fraction of sp³-hybridized carbons (Fsp3) is 0.462. The topological polar surface area (TPSA) is 56.4 Å². The van der Waals surface area contributed by atoms with Crippen LogP contribution in [0.15, 0.2) is 18.2 Å². The lowest BCUT2D eigenvalue weighted by Gasteiger charge is -2.23. The second kappa shape index (κ2) is 5.35. The first-order chi connectivity index (χ1) is 8.58. The lowest BCUT2D eigenvalue weighted by atomic mass is 10.1. The lowest BCUT2D eigenvalue weighted by molar-refractivity contribution is 0.360. The Bertz CT molecular complexity index is 447. The normalized spacial score (nSPS) is 17.6. The van der Waals surface area contributed by atoms with E-state index in [-0.39, 0.29) is 11.7 Å². The van der Waals surface area contributed by atoms with E-state index in [1.807, 2.05) is 0 Å². The molecule has 98 valence electrons. The molecule has 1 fully saturated rings. The number of anilines is 1. The fourth-order valence-corrected chi connectivity index (χ4v) is 2.22. The second-order valence-corrected chi connectivity index (χ2v) is 4.72. The average molecular weight is 250 g/mol. The molecule has 0 amide bonds. The Morgan fingerprint density at radius 3 is 2.72 bits per heavy atom. The van der Waals surface area contributed by atoms with Gasteiger partial charge in [0.15, 0.2) is 0 Å². The SMILES string of the molecule is CN1CCCN(c2ccc(C(=N)N)cc2F)CC1. The van der Waals surface area contributed by atoms with Crippen LogP contribution >= 0.6 is 0 Å². The first kappa shape index (κ1) is 12.8. The summed E-state index contributed by atoms with van der Waals surface area (Å²) in [6.07, 6.45) is 1.03. The maximum absolute atomic E-state index is 14.0. The van der Waals surface area contributed by atoms with E-state index < -0.39 is 0 Å². The smallest absolute Gasteiger partial charge is 0.147 e. The minimum atomic E-state index is -0.299. The Kier molecular flexibility index (Phi) is 3.81. The van der Waals surface area contributed by atoms with Crippen LogP contribution in [0.1, 0.15) is 12.0 Å². The first-order valence-corrected chi connectivity index (χ1v) is 6.15. The molecule has 1 saturated heterocycles. The Morgan fingerprint density at radius 2 is 2.06 bits per heavy atom. The Morgan fingerprint density at radius 1 is 1.28 bits per heavy atom. The number of rotatable bonds is 2. The van der Waals surface area contributed by atoms with Gasteiger partial charge in [0.1, 0.15) is 11.7 Å². The number of likely N-dealkylation sites (N-methyl/N-ethyl adjacent to an activating group) is 1. The molecule has 1 aromatic rings. The van der Waals surface area contributed by atoms with Crippen LogP contribution in [0.5, 0.6) is 0 Å². The molecular weight excluding hydrogens is 231 g/mol. The van der Waals surface area contributed by atoms with Crippen molar-refractivity contribution in [1.82, 2.24) is 4.90 Å². The van der Waals surface area contributed by atoms with Crippen LogP contribution in [-0.4, -0.2) is 44.0 Å². The Hall–Kier alpha value is -1.62. The summed E-state index contributed by atoms with van der Waals surface area (Å²) in [6.45, 7) is 3.67. The van der Waals surface area contributed by atoms with Crippen molar-refractivity contribution in [2.24, 2.45) is 5.73 Å². The summed E-state index contributed by atoms with van der Waals surface area (Å²) >= 11 is 0. The van der Waals surface area contributed by atoms with Gasteiger partial charge in [-0.25, -0.2) is 4.39 Å². The summed E-state index contributed by atoms with van der Waals surface area (Å²) in [5, 5.41) is 7.30. The number of halogens is 1. The lowest BCUT2D eigenvalue weighted by Crippen LogP contribution is -2.29. The van der Waals surface area contributed by atoms with Gasteiger partial charge in [-0.1, -0.05) is 0 Å². The van der Waals surface area contributed by atoms with Gasteiger partial charge in [-0.2, -0.15) is 0 Å². The van der Waals surface area contributed by atoms with E-state index in [2.05, 4.69) is 16.8 Å². The van der Waals surface area contributed by atoms with Crippen molar-refractivity contribution in [2.45, 2.75) is 6.42 Å². The van der Waals surface area contributed by atoms with E-state index in [1.165, 1.54) is 6.07 Å². The quantitative estimate of drug-likeness (QED) is 0.613. The predicted octanol–water partition coefficient (Wildman–Crippen LogP) is 1.25. The summed E-state index contributed by atoms with van der Waals surface area (Å²) in [5.41, 5.74) is 6.39. The highest BCUT2D eigenvalue weighted by Crippen LogP contribution is 2.21. The second-order valence-electron chi connectivity index (χ2n) is 4.72. The number of hydrogen-bond acceptors (Lipinski definition) is 3. The van der Waals surface area contributed by atoms with Crippen LogP contribution in [0.3, 0.4) is 0 Å². The molecule has 0 saturated carbocycles. The summed E-state index contributed by atoms with van der Waals surface area (Å²) in [4.78, 5) is 4.31. The minimum Gasteiger partial charge on any atom is -0.384 e. The van der Waals surface area contributed by atoms with Crippen LogP contribution in [0.4, 0.5) is 10.1 Å². The standard InChI is InChI=1S/C13H19FN4/c1-17-5-2-6-18(8-7-17)12-4-3-10(13(15)16)9-11(12)14/h3-4,9H,2,5-8H2,1H3,(H3,15,16). The number of hydrogen-bond donors (Lipinski definition) is 2.